The number of aromatic nitrogens is 2. The third-order valence-corrected chi connectivity index (χ3v) is 4.34. The first-order valence-corrected chi connectivity index (χ1v) is 8.26. The lowest BCUT2D eigenvalue weighted by atomic mass is 10.0. The number of carbonyl (C=O) groups is 1. The Morgan fingerprint density at radius 3 is 2.71 bits per heavy atom. The van der Waals surface area contributed by atoms with E-state index in [0.717, 1.165) is 5.56 Å². The number of anilines is 1. The van der Waals surface area contributed by atoms with Gasteiger partial charge in [-0.2, -0.15) is 0 Å². The van der Waals surface area contributed by atoms with Crippen molar-refractivity contribution in [1.29, 1.82) is 0 Å². The van der Waals surface area contributed by atoms with E-state index in [4.69, 9.17) is 4.42 Å². The van der Waals surface area contributed by atoms with Crippen molar-refractivity contribution in [1.82, 2.24) is 10.2 Å². The van der Waals surface area contributed by atoms with Crippen molar-refractivity contribution in [2.24, 2.45) is 0 Å². The number of nitrogens with zero attached hydrogens (tertiary/aromatic N) is 2. The molecule has 0 aliphatic heterocycles. The monoisotopic (exact) mass is 385 g/mol. The van der Waals surface area contributed by atoms with E-state index >= 15 is 0 Å². The number of benzene rings is 2. The Kier molecular flexibility index (Phi) is 4.76. The molecule has 3 aromatic rings. The topological polar surface area (TPSA) is 68.0 Å². The van der Waals surface area contributed by atoms with Crippen molar-refractivity contribution in [2.75, 3.05) is 5.32 Å². The number of rotatable bonds is 4. The standard InChI is InChI=1S/C18H16BrN3O2/c1-11-7-8-13(12(2)9-11)10-16-21-22-18(24-16)20-17(23)14-5-3-4-6-15(14)19/h3-9H,10H2,1-2H3,(H,20,22,23). The summed E-state index contributed by atoms with van der Waals surface area (Å²) in [6.45, 7) is 4.10. The van der Waals surface area contributed by atoms with E-state index in [2.05, 4.69) is 44.4 Å². The molecule has 0 saturated carbocycles. The molecule has 0 spiro atoms. The lowest BCUT2D eigenvalue weighted by Crippen LogP contribution is -2.12. The van der Waals surface area contributed by atoms with Crippen LogP contribution in [0.15, 0.2) is 51.4 Å². The van der Waals surface area contributed by atoms with Gasteiger partial charge in [-0.1, -0.05) is 41.0 Å². The van der Waals surface area contributed by atoms with Gasteiger partial charge >= 0.3 is 6.01 Å². The Morgan fingerprint density at radius 2 is 1.96 bits per heavy atom. The predicted octanol–water partition coefficient (Wildman–Crippen LogP) is 4.29. The van der Waals surface area contributed by atoms with Crippen molar-refractivity contribution in [3.8, 4) is 0 Å². The number of halogens is 1. The van der Waals surface area contributed by atoms with Gasteiger partial charge in [0, 0.05) is 4.47 Å². The van der Waals surface area contributed by atoms with E-state index in [1.54, 1.807) is 18.2 Å². The molecular weight excluding hydrogens is 370 g/mol. The van der Waals surface area contributed by atoms with E-state index in [0.29, 0.717) is 22.3 Å². The summed E-state index contributed by atoms with van der Waals surface area (Å²) < 4.78 is 6.24. The van der Waals surface area contributed by atoms with Crippen LogP contribution in [-0.4, -0.2) is 16.1 Å². The minimum absolute atomic E-state index is 0.0931. The third kappa shape index (κ3) is 3.71. The van der Waals surface area contributed by atoms with Crippen LogP contribution in [-0.2, 0) is 6.42 Å². The summed E-state index contributed by atoms with van der Waals surface area (Å²) >= 11 is 3.35. The summed E-state index contributed by atoms with van der Waals surface area (Å²) in [5.41, 5.74) is 4.01. The molecule has 1 aromatic heterocycles. The quantitative estimate of drug-likeness (QED) is 0.726. The van der Waals surface area contributed by atoms with E-state index in [1.807, 2.05) is 25.1 Å². The van der Waals surface area contributed by atoms with Crippen LogP contribution in [0.3, 0.4) is 0 Å². The van der Waals surface area contributed by atoms with Crippen LogP contribution in [0.25, 0.3) is 0 Å². The number of hydrogen-bond donors (Lipinski definition) is 1. The second-order valence-corrected chi connectivity index (χ2v) is 6.40. The zero-order valence-electron chi connectivity index (χ0n) is 13.3. The van der Waals surface area contributed by atoms with Crippen LogP contribution in [0, 0.1) is 13.8 Å². The first-order chi connectivity index (χ1) is 11.5. The molecule has 0 aliphatic carbocycles. The molecule has 6 heteroatoms. The molecule has 5 nitrogen and oxygen atoms in total. The summed E-state index contributed by atoms with van der Waals surface area (Å²) in [4.78, 5) is 12.2. The molecule has 3 rings (SSSR count). The fraction of sp³-hybridized carbons (Fsp3) is 0.167. The minimum atomic E-state index is -0.302. The smallest absolute Gasteiger partial charge is 0.322 e. The number of carbonyl (C=O) groups excluding carboxylic acids is 1. The fourth-order valence-corrected chi connectivity index (χ4v) is 2.86. The van der Waals surface area contributed by atoms with Crippen molar-refractivity contribution >= 4 is 27.9 Å². The maximum absolute atomic E-state index is 12.2. The van der Waals surface area contributed by atoms with Crippen molar-refractivity contribution < 1.29 is 9.21 Å². The van der Waals surface area contributed by atoms with Crippen LogP contribution < -0.4 is 5.32 Å². The van der Waals surface area contributed by atoms with Crippen LogP contribution in [0.2, 0.25) is 0 Å². The average Bonchev–Trinajstić information content (AvgIpc) is 2.97. The molecule has 0 fully saturated rings. The van der Waals surface area contributed by atoms with Gasteiger partial charge in [0.2, 0.25) is 5.89 Å². The SMILES string of the molecule is Cc1ccc(Cc2nnc(NC(=O)c3ccccc3Br)o2)c(C)c1. The van der Waals surface area contributed by atoms with Gasteiger partial charge < -0.3 is 4.42 Å². The number of aryl methyl sites for hydroxylation is 2. The second kappa shape index (κ2) is 6.97. The molecule has 0 aliphatic rings. The Balaban J connectivity index is 1.72. The summed E-state index contributed by atoms with van der Waals surface area (Å²) in [7, 11) is 0. The first-order valence-electron chi connectivity index (χ1n) is 7.47. The van der Waals surface area contributed by atoms with Crippen molar-refractivity contribution in [3.05, 3.63) is 75.1 Å². The molecule has 122 valence electrons. The maximum Gasteiger partial charge on any atom is 0.322 e. The van der Waals surface area contributed by atoms with E-state index in [-0.39, 0.29) is 11.9 Å². The van der Waals surface area contributed by atoms with Gasteiger partial charge in [-0.15, -0.1) is 5.10 Å². The normalized spacial score (nSPS) is 10.6. The Hall–Kier alpha value is -2.47. The van der Waals surface area contributed by atoms with E-state index in [1.165, 1.54) is 11.1 Å². The number of nitrogens with one attached hydrogen (secondary N) is 1. The number of hydrogen-bond acceptors (Lipinski definition) is 4. The average molecular weight is 386 g/mol. The van der Waals surface area contributed by atoms with Crippen LogP contribution in [0.5, 0.6) is 0 Å². The highest BCUT2D eigenvalue weighted by Crippen LogP contribution is 2.19. The second-order valence-electron chi connectivity index (χ2n) is 5.54. The fourth-order valence-electron chi connectivity index (χ4n) is 2.39. The molecule has 0 saturated heterocycles. The van der Waals surface area contributed by atoms with Crippen LogP contribution in [0.1, 0.15) is 32.9 Å². The van der Waals surface area contributed by atoms with Gasteiger partial charge in [-0.3, -0.25) is 10.1 Å². The lowest BCUT2D eigenvalue weighted by Gasteiger charge is -2.04. The molecule has 0 radical (unpaired) electrons. The van der Waals surface area contributed by atoms with E-state index < -0.39 is 0 Å². The van der Waals surface area contributed by atoms with Crippen molar-refractivity contribution in [3.63, 3.8) is 0 Å². The highest BCUT2D eigenvalue weighted by Gasteiger charge is 2.14. The van der Waals surface area contributed by atoms with Gasteiger partial charge in [0.1, 0.15) is 0 Å². The maximum atomic E-state index is 12.2. The van der Waals surface area contributed by atoms with Gasteiger partial charge in [-0.05, 0) is 53.0 Å². The predicted molar refractivity (Wildman–Crippen MR) is 95.1 cm³/mol. The highest BCUT2D eigenvalue weighted by molar-refractivity contribution is 9.10. The molecular formula is C18H16BrN3O2. The largest absolute Gasteiger partial charge is 0.407 e. The minimum Gasteiger partial charge on any atom is -0.407 e. The lowest BCUT2D eigenvalue weighted by molar-refractivity contribution is 0.102. The molecule has 0 atom stereocenters. The van der Waals surface area contributed by atoms with Gasteiger partial charge in [-0.25, -0.2) is 0 Å². The molecule has 2 aromatic carbocycles. The zero-order valence-corrected chi connectivity index (χ0v) is 14.9. The highest BCUT2D eigenvalue weighted by atomic mass is 79.9. The van der Waals surface area contributed by atoms with Crippen LogP contribution in [0.4, 0.5) is 6.01 Å². The summed E-state index contributed by atoms with van der Waals surface area (Å²) in [5.74, 6) is 0.161. The zero-order chi connectivity index (χ0) is 17.1. The molecule has 1 N–H and O–H groups in total. The Labute approximate surface area is 148 Å². The van der Waals surface area contributed by atoms with Crippen LogP contribution >= 0.6 is 15.9 Å². The first kappa shape index (κ1) is 16.4. The van der Waals surface area contributed by atoms with Crippen molar-refractivity contribution in [2.45, 2.75) is 20.3 Å². The third-order valence-electron chi connectivity index (χ3n) is 3.65. The van der Waals surface area contributed by atoms with E-state index in [9.17, 15) is 4.79 Å². The molecule has 0 bridgehead atoms. The van der Waals surface area contributed by atoms with Gasteiger partial charge in [0.05, 0.1) is 12.0 Å². The number of amides is 1. The molecule has 1 amide bonds. The molecule has 0 unspecified atom stereocenters. The summed E-state index contributed by atoms with van der Waals surface area (Å²) in [5, 5.41) is 10.5. The molecule has 24 heavy (non-hydrogen) atoms. The molecule has 1 heterocycles. The van der Waals surface area contributed by atoms with Gasteiger partial charge in [0.25, 0.3) is 5.91 Å². The summed E-state index contributed by atoms with van der Waals surface area (Å²) in [6, 6.07) is 13.5. The Morgan fingerprint density at radius 1 is 1.17 bits per heavy atom. The van der Waals surface area contributed by atoms with Gasteiger partial charge in [0.15, 0.2) is 0 Å². The Bertz CT molecular complexity index is 889. The summed E-state index contributed by atoms with van der Waals surface area (Å²) in [6.07, 6.45) is 0.532.